The van der Waals surface area contributed by atoms with Crippen molar-refractivity contribution in [2.24, 2.45) is 5.92 Å². The molecule has 0 aliphatic heterocycles. The number of pyridine rings is 1. The van der Waals surface area contributed by atoms with Gasteiger partial charge in [0.05, 0.1) is 10.4 Å². The van der Waals surface area contributed by atoms with Crippen LogP contribution in [0.5, 0.6) is 0 Å². The average Bonchev–Trinajstić information content (AvgIpc) is 2.36. The Balaban J connectivity index is 2.24. The van der Waals surface area contributed by atoms with Gasteiger partial charge >= 0.3 is 0 Å². The molecule has 0 N–H and O–H groups in total. The van der Waals surface area contributed by atoms with Crippen molar-refractivity contribution in [2.45, 2.75) is 26.7 Å². The summed E-state index contributed by atoms with van der Waals surface area (Å²) in [6.45, 7) is 4.01. The summed E-state index contributed by atoms with van der Waals surface area (Å²) in [7, 11) is 0. The number of benzene rings is 1. The molecule has 1 aromatic heterocycles. The fraction of sp³-hybridized carbons (Fsp3) is 0.333. The number of aromatic nitrogens is 1. The van der Waals surface area contributed by atoms with E-state index in [4.69, 9.17) is 0 Å². The zero-order valence-corrected chi connectivity index (χ0v) is 11.5. The van der Waals surface area contributed by atoms with Crippen molar-refractivity contribution in [3.63, 3.8) is 0 Å². The number of ketones is 1. The maximum Gasteiger partial charge on any atom is 0.270 e. The van der Waals surface area contributed by atoms with Crippen molar-refractivity contribution < 1.29 is 9.72 Å². The highest BCUT2D eigenvalue weighted by Crippen LogP contribution is 2.20. The van der Waals surface area contributed by atoms with Crippen LogP contribution in [-0.2, 0) is 11.2 Å². The van der Waals surface area contributed by atoms with Gasteiger partial charge in [0.25, 0.3) is 5.69 Å². The molecule has 0 aliphatic rings. The molecule has 0 unspecified atom stereocenters. The monoisotopic (exact) mass is 272 g/mol. The average molecular weight is 272 g/mol. The number of Topliss-reactive ketones (excluding diaryl/α,β-unsaturated/α-hetero) is 1. The molecular formula is C15H16N2O3. The van der Waals surface area contributed by atoms with Crippen LogP contribution < -0.4 is 0 Å². The van der Waals surface area contributed by atoms with Crippen LogP contribution in [0.1, 0.15) is 26.0 Å². The van der Waals surface area contributed by atoms with Crippen LogP contribution in [0.4, 0.5) is 5.69 Å². The van der Waals surface area contributed by atoms with Gasteiger partial charge in [-0.2, -0.15) is 0 Å². The number of nitrogens with zero attached hydrogens (tertiary/aromatic N) is 2. The molecule has 2 aromatic rings. The van der Waals surface area contributed by atoms with Crippen molar-refractivity contribution >= 4 is 22.4 Å². The lowest BCUT2D eigenvalue weighted by atomic mass is 10.0. The Morgan fingerprint density at radius 1 is 1.30 bits per heavy atom. The van der Waals surface area contributed by atoms with Crippen molar-refractivity contribution in [1.82, 2.24) is 4.98 Å². The highest BCUT2D eigenvalue weighted by molar-refractivity contribution is 5.84. The molecule has 5 heteroatoms. The van der Waals surface area contributed by atoms with E-state index in [1.807, 2.05) is 13.8 Å². The van der Waals surface area contributed by atoms with Gasteiger partial charge in [0.2, 0.25) is 0 Å². The Bertz CT molecular complexity index is 665. The molecule has 0 aliphatic carbocycles. The smallest absolute Gasteiger partial charge is 0.270 e. The standard InChI is InChI=1S/C15H16N2O3/c1-10(2)7-14(18)9-12-4-3-11-8-13(17(19)20)5-6-15(11)16-12/h3-6,8,10H,7,9H2,1-2H3. The molecule has 0 bridgehead atoms. The topological polar surface area (TPSA) is 73.1 Å². The normalized spacial score (nSPS) is 10.9. The molecule has 0 radical (unpaired) electrons. The number of nitro groups is 1. The van der Waals surface area contributed by atoms with Gasteiger partial charge in [0.1, 0.15) is 5.78 Å². The summed E-state index contributed by atoms with van der Waals surface area (Å²) in [5, 5.41) is 11.4. The zero-order chi connectivity index (χ0) is 14.7. The first kappa shape index (κ1) is 14.1. The van der Waals surface area contributed by atoms with E-state index >= 15 is 0 Å². The summed E-state index contributed by atoms with van der Waals surface area (Å²) in [5.74, 6) is 0.499. The second kappa shape index (κ2) is 5.77. The summed E-state index contributed by atoms with van der Waals surface area (Å²) in [4.78, 5) is 26.4. The number of carbonyl (C=O) groups excluding carboxylic acids is 1. The third-order valence-corrected chi connectivity index (χ3v) is 2.96. The van der Waals surface area contributed by atoms with E-state index < -0.39 is 4.92 Å². The second-order valence-electron chi connectivity index (χ2n) is 5.25. The molecule has 0 saturated heterocycles. The van der Waals surface area contributed by atoms with Gasteiger partial charge in [-0.3, -0.25) is 19.9 Å². The quantitative estimate of drug-likeness (QED) is 0.618. The van der Waals surface area contributed by atoms with E-state index in [9.17, 15) is 14.9 Å². The molecule has 20 heavy (non-hydrogen) atoms. The lowest BCUT2D eigenvalue weighted by Crippen LogP contribution is -2.07. The van der Waals surface area contributed by atoms with Gasteiger partial charge in [-0.05, 0) is 18.1 Å². The molecule has 0 saturated carbocycles. The molecule has 0 spiro atoms. The zero-order valence-electron chi connectivity index (χ0n) is 11.5. The minimum atomic E-state index is -0.431. The molecule has 104 valence electrons. The van der Waals surface area contributed by atoms with E-state index in [2.05, 4.69) is 4.98 Å². The Kier molecular flexibility index (Phi) is 4.08. The third kappa shape index (κ3) is 3.38. The summed E-state index contributed by atoms with van der Waals surface area (Å²) >= 11 is 0. The fourth-order valence-corrected chi connectivity index (χ4v) is 2.10. The molecule has 0 amide bonds. The predicted molar refractivity (Wildman–Crippen MR) is 76.6 cm³/mol. The Morgan fingerprint density at radius 3 is 2.70 bits per heavy atom. The van der Waals surface area contributed by atoms with Crippen LogP contribution in [0, 0.1) is 16.0 Å². The molecule has 2 rings (SSSR count). The van der Waals surface area contributed by atoms with Gasteiger partial charge in [-0.15, -0.1) is 0 Å². The Morgan fingerprint density at radius 2 is 2.05 bits per heavy atom. The van der Waals surface area contributed by atoms with Gasteiger partial charge in [-0.1, -0.05) is 19.9 Å². The number of fused-ring (bicyclic) bond motifs is 1. The largest absolute Gasteiger partial charge is 0.299 e. The summed E-state index contributed by atoms with van der Waals surface area (Å²) in [5.41, 5.74) is 1.42. The first-order valence-corrected chi connectivity index (χ1v) is 6.51. The lowest BCUT2D eigenvalue weighted by Gasteiger charge is -2.05. The number of nitro benzene ring substituents is 1. The molecule has 0 atom stereocenters. The molecule has 1 aromatic carbocycles. The minimum absolute atomic E-state index is 0.0444. The number of rotatable bonds is 5. The molecule has 5 nitrogen and oxygen atoms in total. The van der Waals surface area contributed by atoms with Gasteiger partial charge in [0.15, 0.2) is 0 Å². The number of non-ortho nitro benzene ring substituents is 1. The number of hydrogen-bond acceptors (Lipinski definition) is 4. The van der Waals surface area contributed by atoms with E-state index in [0.29, 0.717) is 35.4 Å². The van der Waals surface area contributed by atoms with Gasteiger partial charge < -0.3 is 0 Å². The highest BCUT2D eigenvalue weighted by atomic mass is 16.6. The first-order chi connectivity index (χ1) is 9.45. The summed E-state index contributed by atoms with van der Waals surface area (Å²) < 4.78 is 0. The molecular weight excluding hydrogens is 256 g/mol. The number of hydrogen-bond donors (Lipinski definition) is 0. The van der Waals surface area contributed by atoms with Crippen molar-refractivity contribution in [2.75, 3.05) is 0 Å². The van der Waals surface area contributed by atoms with E-state index in [-0.39, 0.29) is 11.5 Å². The number of carbonyl (C=O) groups is 1. The fourth-order valence-electron chi connectivity index (χ4n) is 2.10. The van der Waals surface area contributed by atoms with Crippen LogP contribution in [0.2, 0.25) is 0 Å². The van der Waals surface area contributed by atoms with Crippen LogP contribution in [0.3, 0.4) is 0 Å². The lowest BCUT2D eigenvalue weighted by molar-refractivity contribution is -0.384. The van der Waals surface area contributed by atoms with E-state index in [1.54, 1.807) is 18.2 Å². The van der Waals surface area contributed by atoms with E-state index in [1.165, 1.54) is 12.1 Å². The molecule has 0 fully saturated rings. The summed E-state index contributed by atoms with van der Waals surface area (Å²) in [6.07, 6.45) is 0.852. The van der Waals surface area contributed by atoms with Crippen LogP contribution in [0.15, 0.2) is 30.3 Å². The first-order valence-electron chi connectivity index (χ1n) is 6.51. The van der Waals surface area contributed by atoms with Crippen LogP contribution in [-0.4, -0.2) is 15.7 Å². The predicted octanol–water partition coefficient (Wildman–Crippen LogP) is 3.30. The minimum Gasteiger partial charge on any atom is -0.299 e. The SMILES string of the molecule is CC(C)CC(=O)Cc1ccc2cc([N+](=O)[O-])ccc2n1. The van der Waals surface area contributed by atoms with Gasteiger partial charge in [-0.25, -0.2) is 0 Å². The Hall–Kier alpha value is -2.30. The van der Waals surface area contributed by atoms with Crippen molar-refractivity contribution in [3.8, 4) is 0 Å². The van der Waals surface area contributed by atoms with E-state index in [0.717, 1.165) is 0 Å². The third-order valence-electron chi connectivity index (χ3n) is 2.96. The molecule has 1 heterocycles. The van der Waals surface area contributed by atoms with Crippen molar-refractivity contribution in [3.05, 3.63) is 46.1 Å². The summed E-state index contributed by atoms with van der Waals surface area (Å²) in [6, 6.07) is 8.05. The van der Waals surface area contributed by atoms with Crippen LogP contribution >= 0.6 is 0 Å². The highest BCUT2D eigenvalue weighted by Gasteiger charge is 2.10. The Labute approximate surface area is 116 Å². The van der Waals surface area contributed by atoms with Gasteiger partial charge in [0, 0.05) is 36.1 Å². The second-order valence-corrected chi connectivity index (χ2v) is 5.25. The maximum absolute atomic E-state index is 11.8. The van der Waals surface area contributed by atoms with Crippen LogP contribution in [0.25, 0.3) is 10.9 Å². The maximum atomic E-state index is 11.8. The van der Waals surface area contributed by atoms with Crippen molar-refractivity contribution in [1.29, 1.82) is 0 Å².